The van der Waals surface area contributed by atoms with Crippen LogP contribution < -0.4 is 18.9 Å². The van der Waals surface area contributed by atoms with Gasteiger partial charge in [-0.1, -0.05) is 0 Å². The summed E-state index contributed by atoms with van der Waals surface area (Å²) >= 11 is 6.32. The Morgan fingerprint density at radius 3 is 2.50 bits per heavy atom. The van der Waals surface area contributed by atoms with Crippen LogP contribution in [0, 0.1) is 13.8 Å². The van der Waals surface area contributed by atoms with Gasteiger partial charge in [0.05, 0.1) is 30.9 Å². The Labute approximate surface area is 211 Å². The quantitative estimate of drug-likeness (QED) is 0.207. The molecule has 1 atom stereocenters. The average Bonchev–Trinajstić information content (AvgIpc) is 3.51. The second kappa shape index (κ2) is 8.74. The lowest BCUT2D eigenvalue weighted by Gasteiger charge is -2.18. The molecule has 0 saturated heterocycles. The summed E-state index contributed by atoms with van der Waals surface area (Å²) in [4.78, 5) is 40.6. The Morgan fingerprint density at radius 1 is 1.11 bits per heavy atom. The number of carbonyl (C=O) groups is 1. The summed E-state index contributed by atoms with van der Waals surface area (Å²) in [6.45, 7) is 4.01. The number of aryl methyl sites for hydroxylation is 2. The summed E-state index contributed by atoms with van der Waals surface area (Å²) < 4.78 is 27.6. The van der Waals surface area contributed by atoms with E-state index in [2.05, 4.69) is 9.97 Å². The highest BCUT2D eigenvalue weighted by molar-refractivity contribution is 7.46. The second-order valence-electron chi connectivity index (χ2n) is 8.78. The van der Waals surface area contributed by atoms with E-state index in [0.29, 0.717) is 40.3 Å². The molecule has 3 heterocycles. The molecule has 0 radical (unpaired) electrons. The van der Waals surface area contributed by atoms with E-state index in [0.717, 1.165) is 27.7 Å². The fourth-order valence-corrected chi connectivity index (χ4v) is 5.71. The van der Waals surface area contributed by atoms with Crippen molar-refractivity contribution in [1.29, 1.82) is 0 Å². The molecule has 0 aliphatic carbocycles. The van der Waals surface area contributed by atoms with E-state index in [-0.39, 0.29) is 23.5 Å². The number of halogens is 1. The van der Waals surface area contributed by atoms with Crippen LogP contribution in [0.2, 0.25) is 0 Å². The number of methoxy groups -OCH3 is 2. The highest BCUT2D eigenvalue weighted by Gasteiger charge is 2.37. The van der Waals surface area contributed by atoms with Crippen molar-refractivity contribution >= 4 is 52.8 Å². The van der Waals surface area contributed by atoms with Crippen molar-refractivity contribution in [2.75, 3.05) is 31.5 Å². The molecule has 36 heavy (non-hydrogen) atoms. The molecule has 0 bridgehead atoms. The predicted octanol–water partition coefficient (Wildman–Crippen LogP) is 4.74. The Balaban J connectivity index is 1.65. The molecule has 10 nitrogen and oxygen atoms in total. The summed E-state index contributed by atoms with van der Waals surface area (Å²) in [5.41, 5.74) is 4.42. The molecule has 190 valence electrons. The number of nitrogens with zero attached hydrogens (tertiary/aromatic N) is 1. The van der Waals surface area contributed by atoms with Crippen LogP contribution >= 0.6 is 19.4 Å². The zero-order valence-electron chi connectivity index (χ0n) is 20.0. The smallest absolute Gasteiger partial charge is 0.493 e. The lowest BCUT2D eigenvalue weighted by atomic mass is 9.99. The molecule has 1 aliphatic heterocycles. The van der Waals surface area contributed by atoms with Crippen LogP contribution in [0.15, 0.2) is 24.3 Å². The van der Waals surface area contributed by atoms with Gasteiger partial charge in [-0.2, -0.15) is 0 Å². The number of nitrogens with one attached hydrogen (secondary N) is 2. The number of fused-ring (bicyclic) bond motifs is 4. The summed E-state index contributed by atoms with van der Waals surface area (Å²) in [6.07, 6.45) is 0. The van der Waals surface area contributed by atoms with E-state index in [1.807, 2.05) is 19.9 Å². The van der Waals surface area contributed by atoms with E-state index in [4.69, 9.17) is 25.6 Å². The van der Waals surface area contributed by atoms with Gasteiger partial charge in [0.25, 0.3) is 5.91 Å². The van der Waals surface area contributed by atoms with E-state index < -0.39 is 7.82 Å². The van der Waals surface area contributed by atoms with Crippen LogP contribution in [0.4, 0.5) is 5.69 Å². The van der Waals surface area contributed by atoms with Crippen molar-refractivity contribution in [1.82, 2.24) is 9.97 Å². The Morgan fingerprint density at radius 2 is 1.86 bits per heavy atom. The third-order valence-corrected chi connectivity index (χ3v) is 7.32. The number of aromatic nitrogens is 2. The Hall–Kier alpha value is -3.17. The normalized spacial score (nSPS) is 15.5. The molecule has 2 aromatic heterocycles. The monoisotopic (exact) mass is 533 g/mol. The first kappa shape index (κ1) is 24.5. The van der Waals surface area contributed by atoms with Gasteiger partial charge in [0.15, 0.2) is 17.2 Å². The number of H-pyrrole nitrogens is 2. The maximum atomic E-state index is 13.8. The van der Waals surface area contributed by atoms with Crippen molar-refractivity contribution in [2.24, 2.45) is 0 Å². The first-order valence-corrected chi connectivity index (χ1v) is 13.2. The van der Waals surface area contributed by atoms with Gasteiger partial charge in [0.1, 0.15) is 5.69 Å². The zero-order chi connectivity index (χ0) is 25.9. The number of ether oxygens (including phenoxy) is 2. The lowest BCUT2D eigenvalue weighted by Crippen LogP contribution is -2.30. The highest BCUT2D eigenvalue weighted by atomic mass is 35.5. The van der Waals surface area contributed by atoms with Gasteiger partial charge in [-0.05, 0) is 37.6 Å². The lowest BCUT2D eigenvalue weighted by molar-refractivity contribution is 0.0984. The number of hydrogen-bond donors (Lipinski definition) is 4. The number of anilines is 1. The standard InChI is InChI=1S/C24H25ClN3O7P/c1-11-5-15-20-14(9-25)10-28(17(20)8-18(22(15)26-11)35-36(30,31)32)24(29)16-6-13-7-19(33-3)23(34-4)12(2)21(13)27-16/h5-8,14,26-27H,9-10H2,1-4H3,(H2,30,31,32)/t14-/m1/s1. The molecule has 12 heteroatoms. The number of benzene rings is 2. The maximum absolute atomic E-state index is 13.8. The van der Waals surface area contributed by atoms with E-state index >= 15 is 0 Å². The van der Waals surface area contributed by atoms with Gasteiger partial charge in [0, 0.05) is 46.4 Å². The Bertz CT molecular complexity index is 1570. The number of carbonyl (C=O) groups excluding carboxylic acids is 1. The SMILES string of the molecule is COc1cc2cc(C(=O)N3C[C@@H](CCl)c4c3cc(OP(=O)(O)O)c3[nH]c(C)cc43)[nH]c2c(C)c1OC. The fraction of sp³-hybridized carbons (Fsp3) is 0.292. The molecule has 2 aromatic carbocycles. The van der Waals surface area contributed by atoms with Crippen molar-refractivity contribution in [3.05, 3.63) is 46.8 Å². The summed E-state index contributed by atoms with van der Waals surface area (Å²) in [5.74, 6) is 0.849. The number of phosphoric ester groups is 1. The van der Waals surface area contributed by atoms with Gasteiger partial charge in [-0.3, -0.25) is 14.6 Å². The van der Waals surface area contributed by atoms with E-state index in [9.17, 15) is 19.1 Å². The molecular formula is C24H25ClN3O7P. The minimum atomic E-state index is -4.85. The van der Waals surface area contributed by atoms with Gasteiger partial charge in [0.2, 0.25) is 0 Å². The number of phosphoric acid groups is 1. The third-order valence-electron chi connectivity index (χ3n) is 6.51. The molecular weight excluding hydrogens is 509 g/mol. The van der Waals surface area contributed by atoms with Gasteiger partial charge < -0.3 is 28.9 Å². The molecule has 0 saturated carbocycles. The van der Waals surface area contributed by atoms with Crippen LogP contribution in [0.25, 0.3) is 21.8 Å². The molecule has 1 aliphatic rings. The Kier molecular flexibility index (Phi) is 5.95. The average molecular weight is 534 g/mol. The molecule has 5 rings (SSSR count). The first-order chi connectivity index (χ1) is 17.1. The van der Waals surface area contributed by atoms with E-state index in [1.165, 1.54) is 6.07 Å². The largest absolute Gasteiger partial charge is 0.524 e. The number of hydrogen-bond acceptors (Lipinski definition) is 5. The van der Waals surface area contributed by atoms with Gasteiger partial charge >= 0.3 is 7.82 Å². The molecule has 4 N–H and O–H groups in total. The van der Waals surface area contributed by atoms with Crippen molar-refractivity contribution in [3.63, 3.8) is 0 Å². The van der Waals surface area contributed by atoms with E-state index in [1.54, 1.807) is 31.3 Å². The van der Waals surface area contributed by atoms with Crippen LogP contribution in [0.3, 0.4) is 0 Å². The highest BCUT2D eigenvalue weighted by Crippen LogP contribution is 2.49. The molecule has 0 unspecified atom stereocenters. The summed E-state index contributed by atoms with van der Waals surface area (Å²) in [7, 11) is -1.74. The maximum Gasteiger partial charge on any atom is 0.524 e. The molecule has 0 fully saturated rings. The minimum absolute atomic E-state index is 0.0415. The van der Waals surface area contributed by atoms with Crippen LogP contribution in [0.1, 0.15) is 33.2 Å². The third kappa shape index (κ3) is 3.90. The van der Waals surface area contributed by atoms with Crippen molar-refractivity contribution < 1.29 is 33.1 Å². The van der Waals surface area contributed by atoms with Gasteiger partial charge in [-0.25, -0.2) is 4.57 Å². The first-order valence-electron chi connectivity index (χ1n) is 11.1. The summed E-state index contributed by atoms with van der Waals surface area (Å²) in [6, 6.07) is 6.88. The van der Waals surface area contributed by atoms with Crippen LogP contribution in [-0.4, -0.2) is 52.3 Å². The molecule has 0 spiro atoms. The van der Waals surface area contributed by atoms with Crippen molar-refractivity contribution in [3.8, 4) is 17.2 Å². The predicted molar refractivity (Wildman–Crippen MR) is 137 cm³/mol. The number of alkyl halides is 1. The van der Waals surface area contributed by atoms with Gasteiger partial charge in [-0.15, -0.1) is 11.6 Å². The topological polar surface area (TPSA) is 137 Å². The van der Waals surface area contributed by atoms with Crippen LogP contribution in [-0.2, 0) is 4.57 Å². The minimum Gasteiger partial charge on any atom is -0.493 e. The fourth-order valence-electron chi connectivity index (χ4n) is 5.05. The van der Waals surface area contributed by atoms with Crippen LogP contribution in [0.5, 0.6) is 17.2 Å². The second-order valence-corrected chi connectivity index (χ2v) is 10.3. The molecule has 4 aromatic rings. The number of aromatic amines is 2. The van der Waals surface area contributed by atoms with Crippen molar-refractivity contribution in [2.45, 2.75) is 19.8 Å². The number of rotatable bonds is 6. The zero-order valence-corrected chi connectivity index (χ0v) is 21.7. The summed E-state index contributed by atoms with van der Waals surface area (Å²) in [5, 5.41) is 1.49. The molecule has 1 amide bonds. The number of amides is 1.